The largest absolute Gasteiger partial charge is 0.472 e. The minimum atomic E-state index is -0.740. The summed E-state index contributed by atoms with van der Waals surface area (Å²) >= 11 is 0. The summed E-state index contributed by atoms with van der Waals surface area (Å²) in [5.74, 6) is -0.432. The SMILES string of the molecule is O=C(CCNC(=O)c1ccoc1)NCC1(O)CCCC1. The van der Waals surface area contributed by atoms with Gasteiger partial charge in [0.15, 0.2) is 0 Å². The molecule has 2 amide bonds. The van der Waals surface area contributed by atoms with Gasteiger partial charge in [-0.2, -0.15) is 0 Å². The molecule has 0 aliphatic heterocycles. The molecule has 1 aromatic rings. The predicted molar refractivity (Wildman–Crippen MR) is 72.1 cm³/mol. The molecule has 0 bridgehead atoms. The van der Waals surface area contributed by atoms with Crippen molar-refractivity contribution in [1.29, 1.82) is 0 Å². The van der Waals surface area contributed by atoms with Gasteiger partial charge in [-0.1, -0.05) is 12.8 Å². The van der Waals surface area contributed by atoms with Crippen LogP contribution in [0.3, 0.4) is 0 Å². The molecule has 0 spiro atoms. The van der Waals surface area contributed by atoms with Crippen LogP contribution < -0.4 is 10.6 Å². The molecule has 6 heteroatoms. The van der Waals surface area contributed by atoms with Crippen molar-refractivity contribution in [2.75, 3.05) is 13.1 Å². The maximum Gasteiger partial charge on any atom is 0.254 e. The predicted octanol–water partition coefficient (Wildman–Crippen LogP) is 0.821. The Bertz CT molecular complexity index is 450. The number of furan rings is 1. The third-order valence-corrected chi connectivity index (χ3v) is 3.57. The molecule has 0 saturated heterocycles. The summed E-state index contributed by atoms with van der Waals surface area (Å²) in [5.41, 5.74) is -0.305. The lowest BCUT2D eigenvalue weighted by Crippen LogP contribution is -2.41. The van der Waals surface area contributed by atoms with E-state index in [9.17, 15) is 14.7 Å². The molecule has 20 heavy (non-hydrogen) atoms. The number of amides is 2. The Morgan fingerprint density at radius 1 is 1.30 bits per heavy atom. The van der Waals surface area contributed by atoms with E-state index in [-0.39, 0.29) is 24.8 Å². The summed E-state index contributed by atoms with van der Waals surface area (Å²) in [4.78, 5) is 23.2. The van der Waals surface area contributed by atoms with Crippen molar-refractivity contribution in [1.82, 2.24) is 10.6 Å². The molecule has 1 saturated carbocycles. The first-order valence-electron chi connectivity index (χ1n) is 6.89. The van der Waals surface area contributed by atoms with Crippen molar-refractivity contribution in [3.63, 3.8) is 0 Å². The first-order valence-corrected chi connectivity index (χ1v) is 6.89. The van der Waals surface area contributed by atoms with Crippen LogP contribution in [0.5, 0.6) is 0 Å². The summed E-state index contributed by atoms with van der Waals surface area (Å²) in [6.45, 7) is 0.551. The highest BCUT2D eigenvalue weighted by Gasteiger charge is 2.31. The lowest BCUT2D eigenvalue weighted by molar-refractivity contribution is -0.122. The summed E-state index contributed by atoms with van der Waals surface area (Å²) in [6.07, 6.45) is 6.46. The maximum absolute atomic E-state index is 11.6. The lowest BCUT2D eigenvalue weighted by Gasteiger charge is -2.22. The Kier molecular flexibility index (Phi) is 4.79. The van der Waals surface area contributed by atoms with Gasteiger partial charge >= 0.3 is 0 Å². The monoisotopic (exact) mass is 280 g/mol. The van der Waals surface area contributed by atoms with Gasteiger partial charge in [0.1, 0.15) is 6.26 Å². The number of nitrogens with one attached hydrogen (secondary N) is 2. The van der Waals surface area contributed by atoms with Gasteiger partial charge in [-0.15, -0.1) is 0 Å². The molecule has 3 N–H and O–H groups in total. The molecule has 1 aromatic heterocycles. The minimum Gasteiger partial charge on any atom is -0.472 e. The summed E-state index contributed by atoms with van der Waals surface area (Å²) in [5, 5.41) is 15.4. The Labute approximate surface area is 117 Å². The second-order valence-corrected chi connectivity index (χ2v) is 5.23. The van der Waals surface area contributed by atoms with Gasteiger partial charge in [0.2, 0.25) is 5.91 Å². The zero-order valence-corrected chi connectivity index (χ0v) is 11.4. The van der Waals surface area contributed by atoms with Crippen molar-refractivity contribution in [2.45, 2.75) is 37.7 Å². The van der Waals surface area contributed by atoms with Crippen molar-refractivity contribution in [3.8, 4) is 0 Å². The highest BCUT2D eigenvalue weighted by atomic mass is 16.3. The quantitative estimate of drug-likeness (QED) is 0.719. The normalized spacial score (nSPS) is 16.9. The molecule has 0 radical (unpaired) electrons. The minimum absolute atomic E-state index is 0.169. The molecule has 1 aliphatic carbocycles. The number of rotatable bonds is 6. The molecular formula is C14H20N2O4. The number of hydrogen-bond acceptors (Lipinski definition) is 4. The first-order chi connectivity index (χ1) is 9.59. The smallest absolute Gasteiger partial charge is 0.254 e. The molecule has 2 rings (SSSR count). The van der Waals surface area contributed by atoms with Crippen LogP contribution in [0, 0.1) is 0 Å². The number of aliphatic hydroxyl groups is 1. The molecular weight excluding hydrogens is 260 g/mol. The van der Waals surface area contributed by atoms with Gasteiger partial charge in [-0.25, -0.2) is 0 Å². The molecule has 1 aliphatic rings. The number of hydrogen-bond donors (Lipinski definition) is 3. The van der Waals surface area contributed by atoms with Crippen LogP contribution in [0.2, 0.25) is 0 Å². The highest BCUT2D eigenvalue weighted by Crippen LogP contribution is 2.28. The molecule has 0 unspecified atom stereocenters. The molecule has 6 nitrogen and oxygen atoms in total. The zero-order chi connectivity index (χ0) is 14.4. The van der Waals surface area contributed by atoms with Crippen LogP contribution >= 0.6 is 0 Å². The van der Waals surface area contributed by atoms with E-state index in [1.54, 1.807) is 6.07 Å². The Morgan fingerprint density at radius 2 is 2.05 bits per heavy atom. The maximum atomic E-state index is 11.6. The van der Waals surface area contributed by atoms with Crippen LogP contribution in [0.4, 0.5) is 0 Å². The fourth-order valence-electron chi connectivity index (χ4n) is 2.35. The van der Waals surface area contributed by atoms with Crippen molar-refractivity contribution in [2.24, 2.45) is 0 Å². The van der Waals surface area contributed by atoms with Crippen molar-refractivity contribution in [3.05, 3.63) is 24.2 Å². The van der Waals surface area contributed by atoms with Crippen molar-refractivity contribution >= 4 is 11.8 Å². The third-order valence-electron chi connectivity index (χ3n) is 3.57. The average Bonchev–Trinajstić information content (AvgIpc) is 3.08. The fourth-order valence-corrected chi connectivity index (χ4v) is 2.35. The third kappa shape index (κ3) is 4.09. The van der Waals surface area contributed by atoms with Crippen LogP contribution in [-0.2, 0) is 4.79 Å². The molecule has 0 aromatic carbocycles. The second-order valence-electron chi connectivity index (χ2n) is 5.23. The summed E-state index contributed by atoms with van der Waals surface area (Å²) < 4.78 is 4.80. The van der Waals surface area contributed by atoms with Crippen LogP contribution in [0.25, 0.3) is 0 Å². The topological polar surface area (TPSA) is 91.6 Å². The second kappa shape index (κ2) is 6.56. The average molecular weight is 280 g/mol. The van der Waals surface area contributed by atoms with Gasteiger partial charge in [0, 0.05) is 19.5 Å². The van der Waals surface area contributed by atoms with Crippen molar-refractivity contribution < 1.29 is 19.1 Å². The van der Waals surface area contributed by atoms with Crippen LogP contribution in [0.1, 0.15) is 42.5 Å². The van der Waals surface area contributed by atoms with E-state index in [2.05, 4.69) is 10.6 Å². The molecule has 0 atom stereocenters. The van der Waals surface area contributed by atoms with Crippen LogP contribution in [0.15, 0.2) is 23.0 Å². The van der Waals surface area contributed by atoms with E-state index in [4.69, 9.17) is 4.42 Å². The van der Waals surface area contributed by atoms with E-state index < -0.39 is 5.60 Å². The summed E-state index contributed by atoms with van der Waals surface area (Å²) in [6, 6.07) is 1.56. The van der Waals surface area contributed by atoms with E-state index in [0.717, 1.165) is 25.7 Å². The van der Waals surface area contributed by atoms with Gasteiger partial charge in [0.05, 0.1) is 17.4 Å². The number of carbonyl (C=O) groups is 2. The van der Waals surface area contributed by atoms with Crippen LogP contribution in [-0.4, -0.2) is 35.6 Å². The van der Waals surface area contributed by atoms with Gasteiger partial charge in [-0.3, -0.25) is 9.59 Å². The van der Waals surface area contributed by atoms with Gasteiger partial charge < -0.3 is 20.2 Å². The molecule has 110 valence electrons. The molecule has 1 fully saturated rings. The fraction of sp³-hybridized carbons (Fsp3) is 0.571. The van der Waals surface area contributed by atoms with E-state index in [0.29, 0.717) is 12.1 Å². The lowest BCUT2D eigenvalue weighted by atomic mass is 10.0. The van der Waals surface area contributed by atoms with Gasteiger partial charge in [0.25, 0.3) is 5.91 Å². The Morgan fingerprint density at radius 3 is 2.70 bits per heavy atom. The Balaban J connectivity index is 1.62. The first kappa shape index (κ1) is 14.6. The number of carbonyl (C=O) groups excluding carboxylic acids is 2. The summed E-state index contributed by atoms with van der Waals surface area (Å²) in [7, 11) is 0. The standard InChI is InChI=1S/C14H20N2O4/c17-12(16-10-14(19)5-1-2-6-14)3-7-15-13(18)11-4-8-20-9-11/h4,8-9,19H,1-3,5-7,10H2,(H,15,18)(H,16,17). The zero-order valence-electron chi connectivity index (χ0n) is 11.4. The van der Waals surface area contributed by atoms with E-state index >= 15 is 0 Å². The van der Waals surface area contributed by atoms with E-state index in [1.165, 1.54) is 12.5 Å². The highest BCUT2D eigenvalue weighted by molar-refractivity contribution is 5.93. The Hall–Kier alpha value is -1.82. The van der Waals surface area contributed by atoms with E-state index in [1.807, 2.05) is 0 Å². The van der Waals surface area contributed by atoms with Gasteiger partial charge in [-0.05, 0) is 18.9 Å². The molecule has 1 heterocycles.